The number of thioether (sulfide) groups is 1. The van der Waals surface area contributed by atoms with Gasteiger partial charge in [0.1, 0.15) is 0 Å². The van der Waals surface area contributed by atoms with Crippen molar-refractivity contribution in [3.8, 4) is 0 Å². The quantitative estimate of drug-likeness (QED) is 0.882. The molecule has 0 spiro atoms. The highest BCUT2D eigenvalue weighted by molar-refractivity contribution is 9.10. The van der Waals surface area contributed by atoms with Gasteiger partial charge in [-0.1, -0.05) is 28.1 Å². The first kappa shape index (κ1) is 14.1. The van der Waals surface area contributed by atoms with Crippen molar-refractivity contribution in [2.45, 2.75) is 32.1 Å². The van der Waals surface area contributed by atoms with Gasteiger partial charge in [-0.05, 0) is 44.2 Å². The first-order chi connectivity index (χ1) is 7.44. The molecule has 0 aliphatic rings. The highest BCUT2D eigenvalue weighted by atomic mass is 79.9. The lowest BCUT2D eigenvalue weighted by atomic mass is 10.1. The van der Waals surface area contributed by atoms with E-state index in [1.165, 1.54) is 15.6 Å². The van der Waals surface area contributed by atoms with Gasteiger partial charge < -0.3 is 5.32 Å². The van der Waals surface area contributed by atoms with E-state index in [0.29, 0.717) is 4.75 Å². The largest absolute Gasteiger partial charge is 0.311 e. The van der Waals surface area contributed by atoms with Crippen molar-refractivity contribution >= 4 is 27.7 Å². The fourth-order valence-electron chi connectivity index (χ4n) is 1.40. The van der Waals surface area contributed by atoms with Gasteiger partial charge in [0.2, 0.25) is 0 Å². The zero-order chi connectivity index (χ0) is 12.2. The summed E-state index contributed by atoms with van der Waals surface area (Å²) in [5.41, 5.74) is 2.64. The molecule has 0 saturated carbocycles. The molecule has 0 fully saturated rings. The maximum absolute atomic E-state index is 3.52. The molecular weight excluding hydrogens is 282 g/mol. The summed E-state index contributed by atoms with van der Waals surface area (Å²) in [6.07, 6.45) is 2.16. The summed E-state index contributed by atoms with van der Waals surface area (Å²) in [5.74, 6) is 0. The van der Waals surface area contributed by atoms with Gasteiger partial charge >= 0.3 is 0 Å². The Hall–Kier alpha value is 0.01000. The lowest BCUT2D eigenvalue weighted by molar-refractivity contribution is 0.591. The Morgan fingerprint density at radius 3 is 2.62 bits per heavy atom. The van der Waals surface area contributed by atoms with Crippen LogP contribution in [0.1, 0.15) is 25.0 Å². The Morgan fingerprint density at radius 2 is 2.06 bits per heavy atom. The smallest absolute Gasteiger partial charge is 0.0225 e. The molecule has 0 radical (unpaired) electrons. The summed E-state index contributed by atoms with van der Waals surface area (Å²) in [6, 6.07) is 6.51. The van der Waals surface area contributed by atoms with E-state index in [1.807, 2.05) is 11.8 Å². The molecule has 90 valence electrons. The predicted octanol–water partition coefficient (Wildman–Crippen LogP) is 3.99. The number of hydrogen-bond acceptors (Lipinski definition) is 2. The molecule has 1 nitrogen and oxygen atoms in total. The van der Waals surface area contributed by atoms with Crippen LogP contribution in [0.3, 0.4) is 0 Å². The summed E-state index contributed by atoms with van der Waals surface area (Å²) in [7, 11) is 0. The number of benzene rings is 1. The lowest BCUT2D eigenvalue weighted by Gasteiger charge is -2.22. The fraction of sp³-hybridized carbons (Fsp3) is 0.538. The van der Waals surface area contributed by atoms with E-state index in [9.17, 15) is 0 Å². The van der Waals surface area contributed by atoms with Crippen molar-refractivity contribution in [1.82, 2.24) is 5.32 Å². The van der Waals surface area contributed by atoms with Crippen molar-refractivity contribution in [2.24, 2.45) is 0 Å². The Labute approximate surface area is 112 Å². The molecule has 0 aliphatic heterocycles. The second-order valence-electron chi connectivity index (χ2n) is 4.65. The normalized spacial score (nSPS) is 11.8. The highest BCUT2D eigenvalue weighted by Crippen LogP contribution is 2.20. The summed E-state index contributed by atoms with van der Waals surface area (Å²) in [5, 5.41) is 3.50. The number of rotatable bonds is 5. The standard InChI is InChI=1S/C13H20BrNS/c1-10-7-11(5-6-12(10)14)8-15-9-13(2,3)16-4/h5-7,15H,8-9H2,1-4H3. The van der Waals surface area contributed by atoms with Gasteiger partial charge in [0.15, 0.2) is 0 Å². The van der Waals surface area contributed by atoms with Crippen LogP contribution in [-0.2, 0) is 6.54 Å². The Bertz CT molecular complexity index is 350. The van der Waals surface area contributed by atoms with E-state index < -0.39 is 0 Å². The van der Waals surface area contributed by atoms with Crippen LogP contribution in [0.15, 0.2) is 22.7 Å². The molecule has 1 N–H and O–H groups in total. The predicted molar refractivity (Wildman–Crippen MR) is 78.2 cm³/mol. The molecule has 0 saturated heterocycles. The molecule has 3 heteroatoms. The summed E-state index contributed by atoms with van der Waals surface area (Å²) in [6.45, 7) is 8.62. The first-order valence-corrected chi connectivity index (χ1v) is 7.47. The van der Waals surface area contributed by atoms with Crippen molar-refractivity contribution in [1.29, 1.82) is 0 Å². The van der Waals surface area contributed by atoms with Crippen LogP contribution in [0, 0.1) is 6.92 Å². The fourth-order valence-corrected chi connectivity index (χ4v) is 1.89. The van der Waals surface area contributed by atoms with Crippen LogP contribution in [0.4, 0.5) is 0 Å². The van der Waals surface area contributed by atoms with Crippen LogP contribution in [0.5, 0.6) is 0 Å². The van der Waals surface area contributed by atoms with Crippen LogP contribution in [-0.4, -0.2) is 17.5 Å². The molecule has 0 aromatic heterocycles. The van der Waals surface area contributed by atoms with E-state index >= 15 is 0 Å². The minimum atomic E-state index is 0.310. The molecule has 16 heavy (non-hydrogen) atoms. The van der Waals surface area contributed by atoms with E-state index in [0.717, 1.165) is 13.1 Å². The zero-order valence-corrected chi connectivity index (χ0v) is 12.8. The molecule has 0 unspecified atom stereocenters. The molecule has 0 amide bonds. The van der Waals surface area contributed by atoms with Gasteiger partial charge in [0.05, 0.1) is 0 Å². The second kappa shape index (κ2) is 6.08. The van der Waals surface area contributed by atoms with Crippen LogP contribution in [0.25, 0.3) is 0 Å². The number of halogens is 1. The van der Waals surface area contributed by atoms with Gasteiger partial charge in [-0.15, -0.1) is 0 Å². The second-order valence-corrected chi connectivity index (χ2v) is 7.02. The van der Waals surface area contributed by atoms with Gasteiger partial charge in [-0.25, -0.2) is 0 Å². The average molecular weight is 302 g/mol. The van der Waals surface area contributed by atoms with Crippen molar-refractivity contribution in [3.63, 3.8) is 0 Å². The molecule has 1 aromatic carbocycles. The average Bonchev–Trinajstić information content (AvgIpc) is 2.23. The van der Waals surface area contributed by atoms with E-state index in [-0.39, 0.29) is 0 Å². The molecule has 1 rings (SSSR count). The zero-order valence-electron chi connectivity index (χ0n) is 10.4. The SMILES string of the molecule is CSC(C)(C)CNCc1ccc(Br)c(C)c1. The maximum atomic E-state index is 3.52. The van der Waals surface area contributed by atoms with E-state index in [4.69, 9.17) is 0 Å². The Morgan fingerprint density at radius 1 is 1.38 bits per heavy atom. The van der Waals surface area contributed by atoms with Gasteiger partial charge in [0, 0.05) is 22.3 Å². The van der Waals surface area contributed by atoms with E-state index in [1.54, 1.807) is 0 Å². The first-order valence-electron chi connectivity index (χ1n) is 5.45. The third kappa shape index (κ3) is 4.48. The maximum Gasteiger partial charge on any atom is 0.0225 e. The minimum absolute atomic E-state index is 0.310. The lowest BCUT2D eigenvalue weighted by Crippen LogP contribution is -2.31. The number of aryl methyl sites for hydroxylation is 1. The number of hydrogen-bond donors (Lipinski definition) is 1. The van der Waals surface area contributed by atoms with Crippen LogP contribution in [0.2, 0.25) is 0 Å². The summed E-state index contributed by atoms with van der Waals surface area (Å²) in [4.78, 5) is 0. The third-order valence-electron chi connectivity index (χ3n) is 2.65. The summed E-state index contributed by atoms with van der Waals surface area (Å²) < 4.78 is 1.49. The highest BCUT2D eigenvalue weighted by Gasteiger charge is 2.14. The van der Waals surface area contributed by atoms with Gasteiger partial charge in [-0.3, -0.25) is 0 Å². The van der Waals surface area contributed by atoms with Crippen molar-refractivity contribution in [2.75, 3.05) is 12.8 Å². The molecule has 1 aromatic rings. The molecule has 0 bridgehead atoms. The summed E-state index contributed by atoms with van der Waals surface area (Å²) >= 11 is 5.41. The van der Waals surface area contributed by atoms with Crippen LogP contribution >= 0.6 is 27.7 Å². The van der Waals surface area contributed by atoms with Crippen molar-refractivity contribution < 1.29 is 0 Å². The topological polar surface area (TPSA) is 12.0 Å². The Kier molecular flexibility index (Phi) is 5.35. The van der Waals surface area contributed by atoms with Crippen LogP contribution < -0.4 is 5.32 Å². The van der Waals surface area contributed by atoms with E-state index in [2.05, 4.69) is 66.5 Å². The molecular formula is C13H20BrNS. The Balaban J connectivity index is 2.46. The molecule has 0 atom stereocenters. The monoisotopic (exact) mass is 301 g/mol. The molecule has 0 heterocycles. The minimum Gasteiger partial charge on any atom is -0.311 e. The van der Waals surface area contributed by atoms with Gasteiger partial charge in [0.25, 0.3) is 0 Å². The van der Waals surface area contributed by atoms with Crippen molar-refractivity contribution in [3.05, 3.63) is 33.8 Å². The third-order valence-corrected chi connectivity index (χ3v) is 4.79. The van der Waals surface area contributed by atoms with Gasteiger partial charge in [-0.2, -0.15) is 11.8 Å². The molecule has 0 aliphatic carbocycles. The number of nitrogens with one attached hydrogen (secondary N) is 1.